The molecule has 1 aromatic carbocycles. The first-order valence-corrected chi connectivity index (χ1v) is 5.74. The Labute approximate surface area is 105 Å². The van der Waals surface area contributed by atoms with Crippen LogP contribution in [0.5, 0.6) is 5.75 Å². The van der Waals surface area contributed by atoms with E-state index in [0.29, 0.717) is 19.8 Å². The summed E-state index contributed by atoms with van der Waals surface area (Å²) in [6.45, 7) is 3.85. The smallest absolute Gasteiger partial charge is 0.251 e. The molecule has 0 spiro atoms. The van der Waals surface area contributed by atoms with Crippen molar-refractivity contribution in [2.45, 2.75) is 6.92 Å². The topological polar surface area (TPSA) is 47.6 Å². The van der Waals surface area contributed by atoms with Crippen LogP contribution in [0.1, 0.15) is 17.3 Å². The number of hydrogen-bond acceptors (Lipinski definition) is 3. The van der Waals surface area contributed by atoms with Crippen molar-refractivity contribution in [1.29, 1.82) is 0 Å². The van der Waals surface area contributed by atoms with Crippen molar-refractivity contribution in [1.82, 2.24) is 5.32 Å². The molecule has 1 heterocycles. The van der Waals surface area contributed by atoms with Gasteiger partial charge < -0.3 is 14.8 Å². The monoisotopic (exact) mass is 253 g/mol. The number of hydrogen-bond donors (Lipinski definition) is 1. The van der Waals surface area contributed by atoms with Crippen molar-refractivity contribution in [3.05, 3.63) is 29.6 Å². The lowest BCUT2D eigenvalue weighted by molar-refractivity contribution is -0.0978. The lowest BCUT2D eigenvalue weighted by atomic mass is 9.88. The minimum absolute atomic E-state index is 0.000670. The molecule has 1 fully saturated rings. The highest BCUT2D eigenvalue weighted by Crippen LogP contribution is 2.25. The molecule has 4 nitrogen and oxygen atoms in total. The summed E-state index contributed by atoms with van der Waals surface area (Å²) in [6, 6.07) is 4.16. The van der Waals surface area contributed by atoms with Gasteiger partial charge in [0.1, 0.15) is 0 Å². The summed E-state index contributed by atoms with van der Waals surface area (Å²) in [6.07, 6.45) is 0. The quantitative estimate of drug-likeness (QED) is 0.886. The number of benzene rings is 1. The van der Waals surface area contributed by atoms with E-state index in [9.17, 15) is 9.18 Å². The Balaban J connectivity index is 1.98. The molecule has 0 bridgehead atoms. The lowest BCUT2D eigenvalue weighted by Crippen LogP contribution is -2.48. The van der Waals surface area contributed by atoms with Crippen LogP contribution < -0.4 is 10.1 Å². The van der Waals surface area contributed by atoms with E-state index in [0.717, 1.165) is 0 Å². The highest BCUT2D eigenvalue weighted by atomic mass is 19.1. The van der Waals surface area contributed by atoms with Crippen LogP contribution in [-0.2, 0) is 4.74 Å². The van der Waals surface area contributed by atoms with Gasteiger partial charge in [-0.3, -0.25) is 4.79 Å². The SMILES string of the molecule is COc1ccc(C(=O)NCC2(C)COC2)cc1F. The summed E-state index contributed by atoms with van der Waals surface area (Å²) < 4.78 is 23.3. The van der Waals surface area contributed by atoms with Crippen LogP contribution in [0.15, 0.2) is 18.2 Å². The fourth-order valence-corrected chi connectivity index (χ4v) is 1.76. The van der Waals surface area contributed by atoms with Gasteiger partial charge in [0.05, 0.1) is 20.3 Å². The maximum Gasteiger partial charge on any atom is 0.251 e. The van der Waals surface area contributed by atoms with Crippen molar-refractivity contribution in [2.24, 2.45) is 5.41 Å². The number of rotatable bonds is 4. The van der Waals surface area contributed by atoms with Gasteiger partial charge in [-0.05, 0) is 18.2 Å². The number of ether oxygens (including phenoxy) is 2. The molecule has 0 atom stereocenters. The molecule has 1 aromatic rings. The van der Waals surface area contributed by atoms with Gasteiger partial charge in [0.2, 0.25) is 0 Å². The lowest BCUT2D eigenvalue weighted by Gasteiger charge is -2.38. The number of halogens is 1. The number of amides is 1. The molecule has 0 unspecified atom stereocenters. The Morgan fingerprint density at radius 3 is 2.78 bits per heavy atom. The van der Waals surface area contributed by atoms with Crippen molar-refractivity contribution < 1.29 is 18.7 Å². The number of nitrogens with one attached hydrogen (secondary N) is 1. The van der Waals surface area contributed by atoms with Gasteiger partial charge in [0, 0.05) is 17.5 Å². The van der Waals surface area contributed by atoms with Crippen molar-refractivity contribution in [3.8, 4) is 5.75 Å². The summed E-state index contributed by atoms with van der Waals surface area (Å²) in [4.78, 5) is 11.8. The van der Waals surface area contributed by atoms with Crippen LogP contribution in [-0.4, -0.2) is 32.8 Å². The second kappa shape index (κ2) is 4.94. The normalized spacial score (nSPS) is 16.8. The third kappa shape index (κ3) is 2.61. The van der Waals surface area contributed by atoms with Gasteiger partial charge in [0.25, 0.3) is 5.91 Å². The van der Waals surface area contributed by atoms with E-state index in [1.807, 2.05) is 6.92 Å². The maximum atomic E-state index is 13.4. The fraction of sp³-hybridized carbons (Fsp3) is 0.462. The molecule has 0 aliphatic carbocycles. The summed E-state index contributed by atoms with van der Waals surface area (Å²) in [5, 5.41) is 2.78. The molecule has 0 saturated carbocycles. The Morgan fingerprint density at radius 1 is 1.56 bits per heavy atom. The Bertz CT molecular complexity index is 458. The largest absolute Gasteiger partial charge is 0.494 e. The highest BCUT2D eigenvalue weighted by Gasteiger charge is 2.33. The molecule has 0 radical (unpaired) electrons. The molecule has 0 aromatic heterocycles. The second-order valence-electron chi connectivity index (χ2n) is 4.84. The molecule has 1 amide bonds. The standard InChI is InChI=1S/C13H16FNO3/c1-13(7-18-8-13)6-15-12(16)9-3-4-11(17-2)10(14)5-9/h3-5H,6-8H2,1-2H3,(H,15,16). The first-order valence-electron chi connectivity index (χ1n) is 5.74. The highest BCUT2D eigenvalue weighted by molar-refractivity contribution is 5.94. The van der Waals surface area contributed by atoms with E-state index in [1.165, 1.54) is 25.3 Å². The average Bonchev–Trinajstić information content (AvgIpc) is 2.33. The Kier molecular flexibility index (Phi) is 3.52. The molecule has 1 saturated heterocycles. The van der Waals surface area contributed by atoms with E-state index in [4.69, 9.17) is 9.47 Å². The van der Waals surface area contributed by atoms with E-state index in [-0.39, 0.29) is 22.6 Å². The molecule has 1 aliphatic heterocycles. The summed E-state index contributed by atoms with van der Waals surface area (Å²) >= 11 is 0. The molecule has 18 heavy (non-hydrogen) atoms. The zero-order chi connectivity index (χ0) is 13.2. The maximum absolute atomic E-state index is 13.4. The van der Waals surface area contributed by atoms with Gasteiger partial charge in [-0.15, -0.1) is 0 Å². The van der Waals surface area contributed by atoms with Crippen LogP contribution in [0.2, 0.25) is 0 Å². The van der Waals surface area contributed by atoms with Crippen LogP contribution in [0.25, 0.3) is 0 Å². The molecule has 1 N–H and O–H groups in total. The van der Waals surface area contributed by atoms with Gasteiger partial charge in [-0.25, -0.2) is 4.39 Å². The molecule has 5 heteroatoms. The third-order valence-corrected chi connectivity index (χ3v) is 2.99. The molecular weight excluding hydrogens is 237 g/mol. The molecule has 1 aliphatic rings. The minimum atomic E-state index is -0.539. The predicted octanol–water partition coefficient (Wildman–Crippen LogP) is 1.60. The van der Waals surface area contributed by atoms with Gasteiger partial charge in [-0.1, -0.05) is 6.92 Å². The Hall–Kier alpha value is -1.62. The van der Waals surface area contributed by atoms with E-state index < -0.39 is 5.82 Å². The van der Waals surface area contributed by atoms with Gasteiger partial charge in [0.15, 0.2) is 11.6 Å². The number of methoxy groups -OCH3 is 1. The van der Waals surface area contributed by atoms with E-state index >= 15 is 0 Å². The second-order valence-corrected chi connectivity index (χ2v) is 4.84. The fourth-order valence-electron chi connectivity index (χ4n) is 1.76. The minimum Gasteiger partial charge on any atom is -0.494 e. The van der Waals surface area contributed by atoms with Crippen LogP contribution >= 0.6 is 0 Å². The van der Waals surface area contributed by atoms with E-state index in [2.05, 4.69) is 5.32 Å². The van der Waals surface area contributed by atoms with Crippen molar-refractivity contribution in [2.75, 3.05) is 26.9 Å². The first kappa shape index (κ1) is 12.8. The zero-order valence-corrected chi connectivity index (χ0v) is 10.5. The molecule has 2 rings (SSSR count). The third-order valence-electron chi connectivity index (χ3n) is 2.99. The Morgan fingerprint density at radius 2 is 2.28 bits per heavy atom. The average molecular weight is 253 g/mol. The summed E-state index contributed by atoms with van der Waals surface area (Å²) in [5.41, 5.74) is 0.290. The van der Waals surface area contributed by atoms with E-state index in [1.54, 1.807) is 0 Å². The summed E-state index contributed by atoms with van der Waals surface area (Å²) in [5.74, 6) is -0.695. The molecular formula is C13H16FNO3. The zero-order valence-electron chi connectivity index (χ0n) is 10.5. The van der Waals surface area contributed by atoms with Crippen molar-refractivity contribution >= 4 is 5.91 Å². The predicted molar refractivity (Wildman–Crippen MR) is 64.2 cm³/mol. The van der Waals surface area contributed by atoms with Gasteiger partial charge >= 0.3 is 0 Å². The van der Waals surface area contributed by atoms with Crippen LogP contribution in [0, 0.1) is 11.2 Å². The summed E-state index contributed by atoms with van der Waals surface area (Å²) in [7, 11) is 1.38. The molecule has 98 valence electrons. The first-order chi connectivity index (χ1) is 8.54. The van der Waals surface area contributed by atoms with Crippen LogP contribution in [0.3, 0.4) is 0 Å². The van der Waals surface area contributed by atoms with Crippen LogP contribution in [0.4, 0.5) is 4.39 Å². The number of carbonyl (C=O) groups is 1. The number of carbonyl (C=O) groups excluding carboxylic acids is 1. The van der Waals surface area contributed by atoms with Crippen molar-refractivity contribution in [3.63, 3.8) is 0 Å². The van der Waals surface area contributed by atoms with Gasteiger partial charge in [-0.2, -0.15) is 0 Å².